The van der Waals surface area contributed by atoms with Crippen molar-refractivity contribution in [2.45, 2.75) is 12.7 Å². The summed E-state index contributed by atoms with van der Waals surface area (Å²) in [4.78, 5) is 9.71. The Morgan fingerprint density at radius 1 is 1.19 bits per heavy atom. The number of hydrogen-bond donors (Lipinski definition) is 0. The van der Waals surface area contributed by atoms with Crippen LogP contribution < -0.4 is 4.90 Å². The Kier molecular flexibility index (Phi) is 3.57. The van der Waals surface area contributed by atoms with Crippen molar-refractivity contribution in [3.8, 4) is 0 Å². The second-order valence-electron chi connectivity index (χ2n) is 4.45. The third-order valence-electron chi connectivity index (χ3n) is 2.96. The maximum absolute atomic E-state index is 12.5. The summed E-state index contributed by atoms with van der Waals surface area (Å²) in [6.07, 6.45) is -4.42. The minimum absolute atomic E-state index is 0.0335. The van der Waals surface area contributed by atoms with E-state index in [0.29, 0.717) is 36.8 Å². The molecule has 2 aromatic heterocycles. The SMILES string of the molecule is FC(F)(F)Cn1nnc2c(N3CCOCC3)nc(Cl)nc21. The van der Waals surface area contributed by atoms with Gasteiger partial charge < -0.3 is 9.64 Å². The fourth-order valence-corrected chi connectivity index (χ4v) is 2.25. The molecule has 1 aliphatic rings. The van der Waals surface area contributed by atoms with E-state index in [0.717, 1.165) is 0 Å². The third kappa shape index (κ3) is 3.00. The van der Waals surface area contributed by atoms with Crippen molar-refractivity contribution >= 4 is 28.6 Å². The molecule has 3 rings (SSSR count). The van der Waals surface area contributed by atoms with Crippen molar-refractivity contribution in [1.29, 1.82) is 0 Å². The lowest BCUT2D eigenvalue weighted by Gasteiger charge is -2.27. The highest BCUT2D eigenvalue weighted by atomic mass is 35.5. The highest BCUT2D eigenvalue weighted by Crippen LogP contribution is 2.26. The van der Waals surface area contributed by atoms with E-state index in [-0.39, 0.29) is 16.4 Å². The lowest BCUT2D eigenvalue weighted by molar-refractivity contribution is -0.142. The van der Waals surface area contributed by atoms with Gasteiger partial charge in [-0.3, -0.25) is 0 Å². The van der Waals surface area contributed by atoms with Crippen LogP contribution in [0.4, 0.5) is 19.0 Å². The predicted molar refractivity (Wildman–Crippen MR) is 67.2 cm³/mol. The van der Waals surface area contributed by atoms with E-state index in [9.17, 15) is 13.2 Å². The first-order valence-corrected chi connectivity index (χ1v) is 6.48. The summed E-state index contributed by atoms with van der Waals surface area (Å²) < 4.78 is 43.4. The lowest BCUT2D eigenvalue weighted by Crippen LogP contribution is -2.37. The molecule has 0 bridgehead atoms. The topological polar surface area (TPSA) is 69.0 Å². The van der Waals surface area contributed by atoms with Gasteiger partial charge in [-0.15, -0.1) is 5.10 Å². The van der Waals surface area contributed by atoms with Gasteiger partial charge in [-0.25, -0.2) is 4.68 Å². The summed E-state index contributed by atoms with van der Waals surface area (Å²) in [5.41, 5.74) is 0.166. The van der Waals surface area contributed by atoms with Crippen LogP contribution in [-0.2, 0) is 11.3 Å². The molecule has 0 saturated carbocycles. The van der Waals surface area contributed by atoms with Gasteiger partial charge in [-0.2, -0.15) is 23.1 Å². The van der Waals surface area contributed by atoms with E-state index >= 15 is 0 Å². The Bertz CT molecular complexity index is 654. The van der Waals surface area contributed by atoms with Crippen LogP contribution in [0.3, 0.4) is 0 Å². The number of nitrogens with zero attached hydrogens (tertiary/aromatic N) is 6. The van der Waals surface area contributed by atoms with Crippen LogP contribution in [0.15, 0.2) is 0 Å². The average molecular weight is 323 g/mol. The fraction of sp³-hybridized carbons (Fsp3) is 0.600. The van der Waals surface area contributed by atoms with Gasteiger partial charge in [-0.05, 0) is 11.6 Å². The summed E-state index contributed by atoms with van der Waals surface area (Å²) in [7, 11) is 0. The number of anilines is 1. The third-order valence-corrected chi connectivity index (χ3v) is 3.13. The molecule has 21 heavy (non-hydrogen) atoms. The van der Waals surface area contributed by atoms with Gasteiger partial charge in [0.15, 0.2) is 17.0 Å². The molecule has 1 saturated heterocycles. The zero-order valence-electron chi connectivity index (χ0n) is 10.6. The molecule has 114 valence electrons. The van der Waals surface area contributed by atoms with Crippen LogP contribution in [0.25, 0.3) is 11.2 Å². The molecule has 0 spiro atoms. The molecule has 11 heteroatoms. The Labute approximate surface area is 121 Å². The summed E-state index contributed by atoms with van der Waals surface area (Å²) >= 11 is 5.81. The molecule has 0 aliphatic carbocycles. The average Bonchev–Trinajstić information content (AvgIpc) is 2.80. The Morgan fingerprint density at radius 3 is 2.57 bits per heavy atom. The quantitative estimate of drug-likeness (QED) is 0.776. The minimum atomic E-state index is -4.42. The summed E-state index contributed by atoms with van der Waals surface area (Å²) in [6.45, 7) is 0.822. The first-order chi connectivity index (χ1) is 9.94. The van der Waals surface area contributed by atoms with Crippen LogP contribution in [0, 0.1) is 0 Å². The largest absolute Gasteiger partial charge is 0.408 e. The number of aromatic nitrogens is 5. The van der Waals surface area contributed by atoms with E-state index in [1.165, 1.54) is 0 Å². The molecule has 0 unspecified atom stereocenters. The number of alkyl halides is 3. The van der Waals surface area contributed by atoms with Crippen LogP contribution in [0.2, 0.25) is 5.28 Å². The summed E-state index contributed by atoms with van der Waals surface area (Å²) in [6, 6.07) is 0. The standard InChI is InChI=1S/C10H10ClF3N6O/c11-9-15-7(19-1-3-21-4-2-19)6-8(16-9)20(18-17-6)5-10(12,13)14/h1-5H2. The summed E-state index contributed by atoms with van der Waals surface area (Å²) in [5.74, 6) is 0.377. The van der Waals surface area contributed by atoms with Gasteiger partial charge in [0.2, 0.25) is 5.28 Å². The van der Waals surface area contributed by atoms with E-state index in [2.05, 4.69) is 20.3 Å². The number of halogens is 4. The number of fused-ring (bicyclic) bond motifs is 1. The molecular weight excluding hydrogens is 313 g/mol. The number of morpholine rings is 1. The van der Waals surface area contributed by atoms with Crippen molar-refractivity contribution in [2.24, 2.45) is 0 Å². The molecule has 1 fully saturated rings. The van der Waals surface area contributed by atoms with E-state index in [1.807, 2.05) is 4.90 Å². The van der Waals surface area contributed by atoms with Gasteiger partial charge in [0.1, 0.15) is 6.54 Å². The number of rotatable bonds is 2. The second kappa shape index (κ2) is 5.26. The molecule has 3 heterocycles. The zero-order chi connectivity index (χ0) is 15.0. The van der Waals surface area contributed by atoms with Gasteiger partial charge in [-0.1, -0.05) is 5.21 Å². The van der Waals surface area contributed by atoms with Crippen LogP contribution in [0.5, 0.6) is 0 Å². The molecule has 0 N–H and O–H groups in total. The van der Waals surface area contributed by atoms with Crippen molar-refractivity contribution in [2.75, 3.05) is 31.2 Å². The Morgan fingerprint density at radius 2 is 1.90 bits per heavy atom. The zero-order valence-corrected chi connectivity index (χ0v) is 11.4. The highest BCUT2D eigenvalue weighted by molar-refractivity contribution is 6.28. The fourth-order valence-electron chi connectivity index (χ4n) is 2.09. The molecule has 0 aromatic carbocycles. The Hall–Kier alpha value is -1.68. The van der Waals surface area contributed by atoms with Crippen molar-refractivity contribution < 1.29 is 17.9 Å². The van der Waals surface area contributed by atoms with E-state index in [4.69, 9.17) is 16.3 Å². The van der Waals surface area contributed by atoms with E-state index < -0.39 is 12.7 Å². The highest BCUT2D eigenvalue weighted by Gasteiger charge is 2.31. The van der Waals surface area contributed by atoms with E-state index in [1.54, 1.807) is 0 Å². The van der Waals surface area contributed by atoms with Crippen LogP contribution >= 0.6 is 11.6 Å². The maximum Gasteiger partial charge on any atom is 0.408 e. The normalized spacial score (nSPS) is 16.7. The number of hydrogen-bond acceptors (Lipinski definition) is 6. The first kappa shape index (κ1) is 14.3. The first-order valence-electron chi connectivity index (χ1n) is 6.10. The summed E-state index contributed by atoms with van der Waals surface area (Å²) in [5, 5.41) is 7.13. The number of ether oxygens (including phenoxy) is 1. The predicted octanol–water partition coefficient (Wildman–Crippen LogP) is 1.27. The van der Waals surface area contributed by atoms with Crippen molar-refractivity contribution in [3.05, 3.63) is 5.28 Å². The van der Waals surface area contributed by atoms with Gasteiger partial charge in [0, 0.05) is 13.1 Å². The van der Waals surface area contributed by atoms with Crippen LogP contribution in [-0.4, -0.2) is 57.4 Å². The molecule has 2 aromatic rings. The molecule has 0 radical (unpaired) electrons. The lowest BCUT2D eigenvalue weighted by atomic mass is 10.3. The second-order valence-corrected chi connectivity index (χ2v) is 4.79. The Balaban J connectivity index is 2.05. The van der Waals surface area contributed by atoms with Gasteiger partial charge >= 0.3 is 6.18 Å². The molecule has 0 atom stereocenters. The molecule has 0 amide bonds. The maximum atomic E-state index is 12.5. The smallest absolute Gasteiger partial charge is 0.378 e. The molecular formula is C10H10ClF3N6O. The molecule has 7 nitrogen and oxygen atoms in total. The van der Waals surface area contributed by atoms with Gasteiger partial charge in [0.05, 0.1) is 13.2 Å². The molecule has 1 aliphatic heterocycles. The minimum Gasteiger partial charge on any atom is -0.378 e. The van der Waals surface area contributed by atoms with Crippen molar-refractivity contribution in [3.63, 3.8) is 0 Å². The van der Waals surface area contributed by atoms with Crippen LogP contribution in [0.1, 0.15) is 0 Å². The monoisotopic (exact) mass is 322 g/mol. The van der Waals surface area contributed by atoms with Crippen molar-refractivity contribution in [1.82, 2.24) is 25.0 Å². The van der Waals surface area contributed by atoms with Gasteiger partial charge in [0.25, 0.3) is 0 Å².